The van der Waals surface area contributed by atoms with Gasteiger partial charge in [-0.3, -0.25) is 19.2 Å². The zero-order chi connectivity index (χ0) is 25.1. The molecule has 0 spiro atoms. The number of ketones is 2. The summed E-state index contributed by atoms with van der Waals surface area (Å²) in [5.41, 5.74) is -2.61. The van der Waals surface area contributed by atoms with Gasteiger partial charge in [-0.1, -0.05) is 19.4 Å². The van der Waals surface area contributed by atoms with Crippen LogP contribution in [0.5, 0.6) is 0 Å². The van der Waals surface area contributed by atoms with E-state index in [9.17, 15) is 34.5 Å². The average Bonchev–Trinajstić information content (AvgIpc) is 3.03. The number of fused-ring (bicyclic) bond motifs is 5. The molecule has 0 radical (unpaired) electrons. The topological polar surface area (TPSA) is 158 Å². The molecule has 0 amide bonds. The van der Waals surface area contributed by atoms with Gasteiger partial charge >= 0.3 is 41.5 Å². The van der Waals surface area contributed by atoms with E-state index in [1.54, 1.807) is 6.08 Å². The van der Waals surface area contributed by atoms with Crippen molar-refractivity contribution >= 4 is 23.5 Å². The van der Waals surface area contributed by atoms with Crippen LogP contribution in [-0.4, -0.2) is 68.3 Å². The third-order valence-electron chi connectivity index (χ3n) is 9.55. The van der Waals surface area contributed by atoms with Gasteiger partial charge in [-0.2, -0.15) is 0 Å². The fourth-order valence-electron chi connectivity index (χ4n) is 7.89. The van der Waals surface area contributed by atoms with E-state index in [0.29, 0.717) is 19.3 Å². The molecule has 8 atom stereocenters. The van der Waals surface area contributed by atoms with Crippen molar-refractivity contribution in [1.29, 1.82) is 0 Å². The van der Waals surface area contributed by atoms with Crippen LogP contribution in [0.25, 0.3) is 0 Å². The Labute approximate surface area is 228 Å². The third-order valence-corrected chi connectivity index (χ3v) is 9.55. The second-order valence-corrected chi connectivity index (χ2v) is 11.0. The maximum atomic E-state index is 12.5. The maximum absolute atomic E-state index is 12.5. The molecule has 0 bridgehead atoms. The first-order valence-corrected chi connectivity index (χ1v) is 12.1. The van der Waals surface area contributed by atoms with Crippen LogP contribution in [0.15, 0.2) is 11.6 Å². The minimum Gasteiger partial charge on any atom is -1.00 e. The fraction of sp³-hybridized carbons (Fsp3) is 0.760. The normalized spacial score (nSPS) is 42.0. The first kappa shape index (κ1) is 28.5. The largest absolute Gasteiger partial charge is 1.00 e. The van der Waals surface area contributed by atoms with Crippen molar-refractivity contribution in [2.24, 2.45) is 28.6 Å². The Morgan fingerprint density at radius 1 is 1.20 bits per heavy atom. The van der Waals surface area contributed by atoms with E-state index in [1.165, 1.54) is 0 Å². The molecule has 0 saturated heterocycles. The van der Waals surface area contributed by atoms with Gasteiger partial charge in [0.25, 0.3) is 0 Å². The van der Waals surface area contributed by atoms with E-state index in [2.05, 4.69) is 0 Å². The van der Waals surface area contributed by atoms with Crippen molar-refractivity contribution < 1.29 is 75.3 Å². The van der Waals surface area contributed by atoms with Crippen LogP contribution in [0.3, 0.4) is 0 Å². The Kier molecular flexibility index (Phi) is 8.12. The summed E-state index contributed by atoms with van der Waals surface area (Å²) >= 11 is 0. The molecule has 3 fully saturated rings. The quantitative estimate of drug-likeness (QED) is 0.245. The molecule has 1 unspecified atom stereocenters. The number of aliphatic hydroxyl groups is 3. The van der Waals surface area contributed by atoms with Crippen LogP contribution in [0, 0.1) is 28.6 Å². The van der Waals surface area contributed by atoms with Crippen molar-refractivity contribution in [3.63, 3.8) is 0 Å². The van der Waals surface area contributed by atoms with Crippen molar-refractivity contribution in [2.45, 2.75) is 83.0 Å². The maximum Gasteiger partial charge on any atom is 1.00 e. The first-order valence-electron chi connectivity index (χ1n) is 12.1. The van der Waals surface area contributed by atoms with Gasteiger partial charge in [0, 0.05) is 23.2 Å². The standard InChI is InChI=1S/C25H34O9.Na.H/c1-23-11-17(28)22-15(16(23)7-8-25(23,33)18(29)12-26)4-3-13-9-14(27)10-19(24(13,22)2)34-21(32)6-5-20(30)31;;/h9,15-17,19,22,26,28,33H,3-8,10-12H2,1-2H3,(H,30,31);;/q;+1;-1/t15-,16-,17-,19?,22+,23-,24+,25-;;/m0../s1. The fourth-order valence-corrected chi connectivity index (χ4v) is 7.89. The zero-order valence-electron chi connectivity index (χ0n) is 21.7. The van der Waals surface area contributed by atoms with Crippen LogP contribution < -0.4 is 29.6 Å². The molecule has 4 aliphatic carbocycles. The molecule has 4 aliphatic rings. The van der Waals surface area contributed by atoms with E-state index >= 15 is 0 Å². The predicted octanol–water partition coefficient (Wildman–Crippen LogP) is -1.72. The van der Waals surface area contributed by atoms with Crippen LogP contribution in [0.2, 0.25) is 0 Å². The summed E-state index contributed by atoms with van der Waals surface area (Å²) in [7, 11) is 0. The Bertz CT molecular complexity index is 954. The Balaban J connectivity index is 0.00000228. The van der Waals surface area contributed by atoms with Gasteiger partial charge in [0.15, 0.2) is 11.6 Å². The first-order chi connectivity index (χ1) is 15.9. The number of aliphatic carboxylic acids is 1. The minimum atomic E-state index is -1.71. The molecule has 0 aromatic heterocycles. The molecule has 4 N–H and O–H groups in total. The molecule has 4 rings (SSSR count). The summed E-state index contributed by atoms with van der Waals surface area (Å²) in [5, 5.41) is 41.2. The molecule has 0 aromatic rings. The summed E-state index contributed by atoms with van der Waals surface area (Å²) < 4.78 is 5.70. The number of carboxylic acid groups (broad SMARTS) is 1. The summed E-state index contributed by atoms with van der Waals surface area (Å²) in [4.78, 5) is 48.3. The number of hydrogen-bond donors (Lipinski definition) is 4. The van der Waals surface area contributed by atoms with E-state index in [4.69, 9.17) is 9.84 Å². The van der Waals surface area contributed by atoms with Crippen LogP contribution in [-0.2, 0) is 23.9 Å². The van der Waals surface area contributed by atoms with Crippen LogP contribution >= 0.6 is 0 Å². The number of Topliss-reactive ketones (excluding diaryl/α,β-unsaturated/α-hetero) is 1. The van der Waals surface area contributed by atoms with Crippen molar-refractivity contribution in [3.8, 4) is 0 Å². The summed E-state index contributed by atoms with van der Waals surface area (Å²) in [6, 6.07) is 0. The molecule has 0 aromatic carbocycles. The van der Waals surface area contributed by atoms with Crippen LogP contribution in [0.4, 0.5) is 0 Å². The van der Waals surface area contributed by atoms with E-state index in [1.807, 2.05) is 13.8 Å². The average molecular weight is 503 g/mol. The number of carboxylic acids is 1. The molecule has 190 valence electrons. The predicted molar refractivity (Wildman–Crippen MR) is 118 cm³/mol. The molecule has 0 heterocycles. The van der Waals surface area contributed by atoms with Crippen LogP contribution in [0.1, 0.15) is 66.6 Å². The summed E-state index contributed by atoms with van der Waals surface area (Å²) in [6.45, 7) is 2.96. The van der Waals surface area contributed by atoms with Gasteiger partial charge in [-0.05, 0) is 50.0 Å². The number of aliphatic hydroxyl groups excluding tert-OH is 2. The zero-order valence-corrected chi connectivity index (χ0v) is 22.7. The molecule has 9 nitrogen and oxygen atoms in total. The van der Waals surface area contributed by atoms with Gasteiger partial charge in [0.05, 0.1) is 18.9 Å². The Morgan fingerprint density at radius 2 is 1.89 bits per heavy atom. The number of rotatable bonds is 6. The third kappa shape index (κ3) is 4.36. The van der Waals surface area contributed by atoms with E-state index in [-0.39, 0.29) is 86.6 Å². The van der Waals surface area contributed by atoms with Crippen molar-refractivity contribution in [2.75, 3.05) is 6.61 Å². The van der Waals surface area contributed by atoms with Gasteiger partial charge in [-0.15, -0.1) is 0 Å². The molecular weight excluding hydrogens is 467 g/mol. The molecular formula is C25H35NaO9. The van der Waals surface area contributed by atoms with Gasteiger partial charge in [0.1, 0.15) is 18.3 Å². The molecule has 0 aliphatic heterocycles. The number of carbonyl (C=O) groups excluding carboxylic acids is 3. The molecule has 10 heteroatoms. The SMILES string of the molecule is C[C@]12C[C@H](O)[C@H]3[C@@H](CCC4=CC(=O)CC(OC(=O)CCC(=O)O)[C@@]43C)[C@@H]1CC[C@]2(O)C(=O)CO.[H-].[Na+]. The smallest absolute Gasteiger partial charge is 1.00 e. The van der Waals surface area contributed by atoms with Gasteiger partial charge < -0.3 is 26.6 Å². The number of esters is 1. The van der Waals surface area contributed by atoms with Crippen molar-refractivity contribution in [1.82, 2.24) is 0 Å². The van der Waals surface area contributed by atoms with Gasteiger partial charge in [0.2, 0.25) is 0 Å². The monoisotopic (exact) mass is 502 g/mol. The number of hydrogen-bond acceptors (Lipinski definition) is 8. The molecule has 3 saturated carbocycles. The van der Waals surface area contributed by atoms with E-state index < -0.39 is 53.0 Å². The summed E-state index contributed by atoms with van der Waals surface area (Å²) in [5.74, 6) is -3.12. The second kappa shape index (κ2) is 9.99. The van der Waals surface area contributed by atoms with Crippen molar-refractivity contribution in [3.05, 3.63) is 11.6 Å². The number of carbonyl (C=O) groups is 4. The molecule has 35 heavy (non-hydrogen) atoms. The minimum absolute atomic E-state index is 0. The second-order valence-electron chi connectivity index (χ2n) is 11.0. The van der Waals surface area contributed by atoms with E-state index in [0.717, 1.165) is 5.57 Å². The Hall–Kier alpha value is -1.10. The summed E-state index contributed by atoms with van der Waals surface area (Å²) in [6.07, 6.45) is 1.31. The Morgan fingerprint density at radius 3 is 2.51 bits per heavy atom. The number of ether oxygens (including phenoxy) is 1. The van der Waals surface area contributed by atoms with Gasteiger partial charge in [-0.25, -0.2) is 0 Å².